The summed E-state index contributed by atoms with van der Waals surface area (Å²) in [5.74, 6) is 0.691. The number of pyridine rings is 1. The number of amides is 1. The van der Waals surface area contributed by atoms with Crippen LogP contribution in [0.4, 0.5) is 4.39 Å². The van der Waals surface area contributed by atoms with Crippen LogP contribution in [0.1, 0.15) is 34.3 Å². The van der Waals surface area contributed by atoms with Crippen LogP contribution in [-0.4, -0.2) is 38.5 Å². The van der Waals surface area contributed by atoms with Gasteiger partial charge in [-0.3, -0.25) is 4.79 Å². The standard InChI is InChI=1S/C22H19FN4OS/c23-18-6-1-4-15(12-18)16-8-9-20-24-21(25-27(20)14-16)17-5-2-10-26(13-17)22(28)19-7-3-11-29-19/h1,3-4,6-9,11-12,14,17H,2,5,10,13H2/t17-/m0/s1. The molecular formula is C22H19FN4OS. The molecule has 5 rings (SSSR count). The van der Waals surface area contributed by atoms with Crippen molar-refractivity contribution < 1.29 is 9.18 Å². The second kappa shape index (κ2) is 7.40. The largest absolute Gasteiger partial charge is 0.337 e. The molecule has 29 heavy (non-hydrogen) atoms. The molecule has 1 aliphatic heterocycles. The van der Waals surface area contributed by atoms with Crippen LogP contribution in [0.2, 0.25) is 0 Å². The third-order valence-corrected chi connectivity index (χ3v) is 6.17. The van der Waals surface area contributed by atoms with Gasteiger partial charge >= 0.3 is 0 Å². The third-order valence-electron chi connectivity index (χ3n) is 5.31. The van der Waals surface area contributed by atoms with Gasteiger partial charge in [0.2, 0.25) is 0 Å². The first-order chi connectivity index (χ1) is 14.2. The third kappa shape index (κ3) is 3.53. The molecule has 7 heteroatoms. The molecule has 0 radical (unpaired) electrons. The van der Waals surface area contributed by atoms with Crippen LogP contribution >= 0.6 is 11.3 Å². The average molecular weight is 406 g/mol. The van der Waals surface area contributed by atoms with Crippen molar-refractivity contribution in [1.29, 1.82) is 0 Å². The number of carbonyl (C=O) groups excluding carboxylic acids is 1. The lowest BCUT2D eigenvalue weighted by Crippen LogP contribution is -2.39. The highest BCUT2D eigenvalue weighted by Crippen LogP contribution is 2.27. The summed E-state index contributed by atoms with van der Waals surface area (Å²) >= 11 is 1.47. The van der Waals surface area contributed by atoms with Gasteiger partial charge in [0.25, 0.3) is 5.91 Å². The second-order valence-corrected chi connectivity index (χ2v) is 8.22. The van der Waals surface area contributed by atoms with Gasteiger partial charge in [0.05, 0.1) is 4.88 Å². The van der Waals surface area contributed by atoms with Crippen LogP contribution < -0.4 is 0 Å². The van der Waals surface area contributed by atoms with Crippen molar-refractivity contribution >= 4 is 22.9 Å². The molecule has 0 bridgehead atoms. The first-order valence-electron chi connectivity index (χ1n) is 9.62. The van der Waals surface area contributed by atoms with E-state index >= 15 is 0 Å². The lowest BCUT2D eigenvalue weighted by Gasteiger charge is -2.31. The average Bonchev–Trinajstić information content (AvgIpc) is 3.43. The molecule has 1 atom stereocenters. The highest BCUT2D eigenvalue weighted by Gasteiger charge is 2.28. The Kier molecular flexibility index (Phi) is 4.60. The zero-order valence-electron chi connectivity index (χ0n) is 15.7. The Morgan fingerprint density at radius 2 is 2.07 bits per heavy atom. The van der Waals surface area contributed by atoms with Gasteiger partial charge < -0.3 is 4.90 Å². The summed E-state index contributed by atoms with van der Waals surface area (Å²) in [6, 6.07) is 14.1. The van der Waals surface area contributed by atoms with Crippen LogP contribution in [0.25, 0.3) is 16.8 Å². The summed E-state index contributed by atoms with van der Waals surface area (Å²) in [6.07, 6.45) is 3.77. The summed E-state index contributed by atoms with van der Waals surface area (Å²) in [4.78, 5) is 20.1. The molecule has 1 aliphatic rings. The molecule has 4 heterocycles. The van der Waals surface area contributed by atoms with Crippen molar-refractivity contribution in [2.75, 3.05) is 13.1 Å². The number of benzene rings is 1. The van der Waals surface area contributed by atoms with E-state index in [2.05, 4.69) is 10.1 Å². The number of thiophene rings is 1. The van der Waals surface area contributed by atoms with Gasteiger partial charge in [0, 0.05) is 30.8 Å². The minimum atomic E-state index is -0.264. The molecule has 4 aromatic rings. The minimum Gasteiger partial charge on any atom is -0.337 e. The highest BCUT2D eigenvalue weighted by atomic mass is 32.1. The Labute approximate surface area is 171 Å². The van der Waals surface area contributed by atoms with Gasteiger partial charge in [-0.05, 0) is 54.1 Å². The number of hydrogen-bond acceptors (Lipinski definition) is 4. The highest BCUT2D eigenvalue weighted by molar-refractivity contribution is 7.12. The van der Waals surface area contributed by atoms with Gasteiger partial charge in [-0.15, -0.1) is 11.3 Å². The molecule has 0 aliphatic carbocycles. The molecular weight excluding hydrogens is 387 g/mol. The lowest BCUT2D eigenvalue weighted by atomic mass is 9.97. The molecule has 1 amide bonds. The van der Waals surface area contributed by atoms with Gasteiger partial charge in [-0.25, -0.2) is 13.9 Å². The molecule has 0 saturated carbocycles. The fourth-order valence-corrected chi connectivity index (χ4v) is 4.53. The maximum atomic E-state index is 13.6. The normalized spacial score (nSPS) is 17.0. The predicted octanol–water partition coefficient (Wildman–Crippen LogP) is 4.62. The van der Waals surface area contributed by atoms with E-state index < -0.39 is 0 Å². The number of fused-ring (bicyclic) bond motifs is 1. The molecule has 3 aromatic heterocycles. The van der Waals surface area contributed by atoms with Crippen molar-refractivity contribution in [3.63, 3.8) is 0 Å². The molecule has 0 spiro atoms. The summed E-state index contributed by atoms with van der Waals surface area (Å²) in [7, 11) is 0. The van der Waals surface area contributed by atoms with Crippen LogP contribution in [0.3, 0.4) is 0 Å². The number of carbonyl (C=O) groups is 1. The Hall–Kier alpha value is -3.06. The maximum absolute atomic E-state index is 13.6. The first kappa shape index (κ1) is 18.0. The smallest absolute Gasteiger partial charge is 0.263 e. The zero-order valence-corrected chi connectivity index (χ0v) is 16.5. The Morgan fingerprint density at radius 3 is 2.90 bits per heavy atom. The van der Waals surface area contributed by atoms with Gasteiger partial charge in [0.15, 0.2) is 11.5 Å². The fraction of sp³-hybridized carbons (Fsp3) is 0.227. The van der Waals surface area contributed by atoms with Crippen LogP contribution in [0, 0.1) is 5.82 Å². The van der Waals surface area contributed by atoms with E-state index in [1.54, 1.807) is 10.6 Å². The van der Waals surface area contributed by atoms with E-state index in [-0.39, 0.29) is 17.6 Å². The molecule has 146 valence electrons. The van der Waals surface area contributed by atoms with Crippen molar-refractivity contribution in [3.05, 3.63) is 76.6 Å². The van der Waals surface area contributed by atoms with E-state index in [0.717, 1.165) is 46.9 Å². The van der Waals surface area contributed by atoms with Crippen molar-refractivity contribution in [1.82, 2.24) is 19.5 Å². The van der Waals surface area contributed by atoms with Gasteiger partial charge in [-0.1, -0.05) is 18.2 Å². The Bertz CT molecular complexity index is 1170. The Morgan fingerprint density at radius 1 is 1.14 bits per heavy atom. The quantitative estimate of drug-likeness (QED) is 0.499. The van der Waals surface area contributed by atoms with E-state index in [9.17, 15) is 9.18 Å². The van der Waals surface area contributed by atoms with Gasteiger partial charge in [0.1, 0.15) is 5.82 Å². The van der Waals surface area contributed by atoms with E-state index in [0.29, 0.717) is 6.54 Å². The summed E-state index contributed by atoms with van der Waals surface area (Å²) in [5.41, 5.74) is 2.43. The monoisotopic (exact) mass is 406 g/mol. The van der Waals surface area contributed by atoms with Crippen molar-refractivity contribution in [2.24, 2.45) is 0 Å². The number of halogens is 1. The van der Waals surface area contributed by atoms with Crippen LogP contribution in [-0.2, 0) is 0 Å². The molecule has 0 unspecified atom stereocenters. The summed E-state index contributed by atoms with van der Waals surface area (Å²) < 4.78 is 15.3. The maximum Gasteiger partial charge on any atom is 0.263 e. The minimum absolute atomic E-state index is 0.0851. The number of hydrogen-bond donors (Lipinski definition) is 0. The van der Waals surface area contributed by atoms with E-state index in [1.165, 1.54) is 23.5 Å². The van der Waals surface area contributed by atoms with Crippen LogP contribution in [0.5, 0.6) is 0 Å². The zero-order chi connectivity index (χ0) is 19.8. The molecule has 0 N–H and O–H groups in total. The van der Waals surface area contributed by atoms with Gasteiger partial charge in [-0.2, -0.15) is 5.10 Å². The van der Waals surface area contributed by atoms with Crippen molar-refractivity contribution in [3.8, 4) is 11.1 Å². The Balaban J connectivity index is 1.40. The number of rotatable bonds is 3. The fourth-order valence-electron chi connectivity index (χ4n) is 3.84. The number of likely N-dealkylation sites (tertiary alicyclic amines) is 1. The van der Waals surface area contributed by atoms with Crippen LogP contribution in [0.15, 0.2) is 60.1 Å². The number of nitrogens with zero attached hydrogens (tertiary/aromatic N) is 4. The second-order valence-electron chi connectivity index (χ2n) is 7.27. The predicted molar refractivity (Wildman–Crippen MR) is 111 cm³/mol. The molecule has 1 aromatic carbocycles. The van der Waals surface area contributed by atoms with E-state index in [1.807, 2.05) is 46.8 Å². The molecule has 5 nitrogen and oxygen atoms in total. The van der Waals surface area contributed by atoms with E-state index in [4.69, 9.17) is 0 Å². The SMILES string of the molecule is O=C(c1cccs1)N1CCC[C@H](c2nc3ccc(-c4cccc(F)c4)cn3n2)C1. The number of aromatic nitrogens is 3. The molecule has 1 saturated heterocycles. The first-order valence-corrected chi connectivity index (χ1v) is 10.5. The summed E-state index contributed by atoms with van der Waals surface area (Å²) in [5, 5.41) is 6.60. The lowest BCUT2D eigenvalue weighted by molar-refractivity contribution is 0.0709. The topological polar surface area (TPSA) is 50.5 Å². The molecule has 1 fully saturated rings. The van der Waals surface area contributed by atoms with Crippen molar-refractivity contribution in [2.45, 2.75) is 18.8 Å². The summed E-state index contributed by atoms with van der Waals surface area (Å²) in [6.45, 7) is 1.40. The number of piperidine rings is 1.